The molecule has 0 radical (unpaired) electrons. The third-order valence-electron chi connectivity index (χ3n) is 21.1. The Bertz CT molecular complexity index is 5180. The molecular formula is C72H105N22O28P3S3. The van der Waals surface area contributed by atoms with Gasteiger partial charge in [0.05, 0.1) is 72.3 Å². The first-order valence-electron chi connectivity index (χ1n) is 39.6. The zero-order chi connectivity index (χ0) is 94.1. The number of hydrogen-bond acceptors (Lipinski definition) is 43. The molecule has 6 aliphatic heterocycles. The lowest BCUT2D eigenvalue weighted by molar-refractivity contribution is -0.151. The molecule has 6 aliphatic rings. The van der Waals surface area contributed by atoms with Crippen molar-refractivity contribution in [3.8, 4) is 17.6 Å². The van der Waals surface area contributed by atoms with E-state index in [0.29, 0.717) is 34.9 Å². The number of fused-ring (bicyclic) bond motifs is 3. The van der Waals surface area contributed by atoms with Crippen molar-refractivity contribution in [1.82, 2.24) is 93.4 Å². The van der Waals surface area contributed by atoms with Crippen LogP contribution in [0.2, 0.25) is 0 Å². The van der Waals surface area contributed by atoms with Crippen molar-refractivity contribution in [2.45, 2.75) is 196 Å². The van der Waals surface area contributed by atoms with Crippen LogP contribution < -0.4 is 46.7 Å². The van der Waals surface area contributed by atoms with E-state index in [1.807, 2.05) is 30.3 Å². The number of urea groups is 2. The number of carbonyl (C=O) groups is 7. The van der Waals surface area contributed by atoms with E-state index in [1.54, 1.807) is 34.6 Å². The standard InChI is InChI=1S/2C24H37N8O10PS.C24H31N6O8PS/c2*1-11(2)41-20(35)12(3)29-43(38,44-9-13-19(34)31(6)23(36)30(13)5)40-8-14-16(33)24(4,37)21(42-14)32-10-26-15-17(32)27-22(25)28-18(15)39-7;1-13(14-7-5-4-6-8-14)37-21(32)15-9-10-40-39(34,29-15)36-11-16-18(31)24(2,33)22(38-16)30-12-26-17-19(30)27-23(25)28-20(17)35-3/h2*10-14,16,21,33,37H,8-9H2,1-7H3,(H,29,38)(H2,25,27,28);4-8,12-13,15-16,18,22,31,33H,9-11H2,1-3H3,(H,29,34)(H2,25,27,28)/t12?,13?,14?,16-,21-,24-,43?;12-,13?,14?,16-,21-,24-,43?;13-,15-,16?,18+,22+,24+,39+/m110/s1. The van der Waals surface area contributed by atoms with Crippen molar-refractivity contribution in [1.29, 1.82) is 0 Å². The average Bonchev–Trinajstić information content (AvgIpc) is 1.60. The zero-order valence-corrected chi connectivity index (χ0v) is 77.6. The molecule has 12 heterocycles. The second-order valence-electron chi connectivity index (χ2n) is 31.4. The van der Waals surface area contributed by atoms with Crippen molar-refractivity contribution < 1.29 is 134 Å². The number of amides is 6. The highest BCUT2D eigenvalue weighted by Gasteiger charge is 2.58. The summed E-state index contributed by atoms with van der Waals surface area (Å²) in [6.07, 6.45) is -8.67. The quantitative estimate of drug-likeness (QED) is 0.0124. The molecule has 0 bridgehead atoms. The highest BCUT2D eigenvalue weighted by molar-refractivity contribution is 8.56. The predicted molar refractivity (Wildman–Crippen MR) is 458 cm³/mol. The molecule has 704 valence electrons. The minimum Gasteiger partial charge on any atom is -0.479 e. The summed E-state index contributed by atoms with van der Waals surface area (Å²) < 4.78 is 113. The first-order valence-corrected chi connectivity index (χ1v) is 49.2. The van der Waals surface area contributed by atoms with Gasteiger partial charge in [-0.3, -0.25) is 61.2 Å². The fourth-order valence-corrected chi connectivity index (χ4v) is 25.8. The smallest absolute Gasteiger partial charge is 0.327 e. The maximum Gasteiger partial charge on any atom is 0.327 e. The number of imide groups is 2. The van der Waals surface area contributed by atoms with Gasteiger partial charge in [-0.2, -0.15) is 29.9 Å². The van der Waals surface area contributed by atoms with E-state index in [0.717, 1.165) is 26.7 Å². The number of aliphatic hydroxyl groups is 6. The monoisotopic (exact) mass is 1910 g/mol. The molecule has 0 aliphatic carbocycles. The first-order chi connectivity index (χ1) is 60.0. The van der Waals surface area contributed by atoms with E-state index in [1.165, 1.54) is 127 Å². The number of aliphatic hydroxyl groups excluding tert-OH is 3. The number of nitrogens with one attached hydrogen (secondary N) is 3. The maximum atomic E-state index is 14.1. The molecule has 8 unspecified atom stereocenters. The van der Waals surface area contributed by atoms with Crippen LogP contribution in [0.15, 0.2) is 49.3 Å². The number of likely N-dealkylation sites (N-methyl/N-ethyl adjacent to an activating group) is 4. The van der Waals surface area contributed by atoms with E-state index in [4.69, 9.17) is 73.4 Å². The summed E-state index contributed by atoms with van der Waals surface area (Å²) in [7, 11) is 9.73. The molecule has 6 aromatic heterocycles. The first kappa shape index (κ1) is 99.7. The van der Waals surface area contributed by atoms with E-state index >= 15 is 0 Å². The van der Waals surface area contributed by atoms with Crippen LogP contribution in [0.4, 0.5) is 27.4 Å². The number of benzene rings is 1. The normalized spacial score (nSPS) is 28.9. The van der Waals surface area contributed by atoms with Gasteiger partial charge < -0.3 is 114 Å². The number of aromatic nitrogens is 12. The number of ether oxygens (including phenoxy) is 9. The lowest BCUT2D eigenvalue weighted by atomic mass is 9.96. The van der Waals surface area contributed by atoms with Gasteiger partial charge in [-0.05, 0) is 81.2 Å². The Morgan fingerprint density at radius 3 is 1.26 bits per heavy atom. The van der Waals surface area contributed by atoms with Gasteiger partial charge in [0.15, 0.2) is 52.2 Å². The van der Waals surface area contributed by atoms with Crippen LogP contribution in [-0.4, -0.2) is 333 Å². The number of nitrogens with two attached hydrogens (primary N) is 3. The number of rotatable bonds is 32. The SMILES string of the molecule is COc1nc(N)nc2c1ncn2[C@@H]1OC(COP(=O)(NC(C)C(=O)OC(C)C)SCC2C(=O)N(C)C(=O)N2C)[C@@H](O)[C@@]1(C)O.COc1nc(N)nc2c1ncn2[C@@H]1OC(COP(=O)(N[C@H](C)C(=O)OC(C)C)SCC2C(=O)N(C)C(=O)N2C)[C@@H](O)[C@@]1(C)O.COc1nc(N)nc2c1ncn2[C@@H]1OC(CO[P@]2(=O)N[C@H](C(=O)O[C@@H](C)c3ccccc3)CCS2)[C@@H](O)[C@@]1(C)O. The van der Waals surface area contributed by atoms with Gasteiger partial charge in [-0.1, -0.05) is 64.5 Å². The number of nitrogens with zero attached hydrogens (tertiary/aromatic N) is 16. The summed E-state index contributed by atoms with van der Waals surface area (Å²) in [6.45, 7) is 2.25. The van der Waals surface area contributed by atoms with Crippen molar-refractivity contribution in [3.63, 3.8) is 0 Å². The number of methoxy groups -OCH3 is 3. The van der Waals surface area contributed by atoms with Gasteiger partial charge in [0.25, 0.3) is 11.8 Å². The van der Waals surface area contributed by atoms with Gasteiger partial charge in [0, 0.05) is 45.4 Å². The average molecular weight is 1920 g/mol. The summed E-state index contributed by atoms with van der Waals surface area (Å²) in [5, 5.41) is 74.9. The second kappa shape index (κ2) is 40.0. The fraction of sp³-hybridized carbons (Fsp3) is 0.611. The number of anilines is 3. The van der Waals surface area contributed by atoms with Crippen LogP contribution in [0.5, 0.6) is 17.6 Å². The molecular weight excluding hydrogens is 1810 g/mol. The largest absolute Gasteiger partial charge is 0.479 e. The number of hydrogen-bond donors (Lipinski definition) is 12. The minimum atomic E-state index is -4.06. The van der Waals surface area contributed by atoms with E-state index < -0.39 is 196 Å². The van der Waals surface area contributed by atoms with Crippen molar-refractivity contribution >= 4 is 147 Å². The second-order valence-corrected chi connectivity index (χ2v) is 44.4. The Kier molecular flexibility index (Phi) is 31.2. The van der Waals surface area contributed by atoms with Crippen LogP contribution >= 0.6 is 54.3 Å². The molecule has 6 fully saturated rings. The summed E-state index contributed by atoms with van der Waals surface area (Å²) in [6, 6.07) is 3.35. The fourth-order valence-electron chi connectivity index (χ4n) is 14.1. The van der Waals surface area contributed by atoms with Crippen molar-refractivity contribution in [3.05, 3.63) is 54.9 Å². The van der Waals surface area contributed by atoms with E-state index in [-0.39, 0.29) is 87.1 Å². The molecule has 0 saturated carbocycles. The molecule has 128 heavy (non-hydrogen) atoms. The maximum absolute atomic E-state index is 14.1. The molecule has 0 spiro atoms. The Balaban J connectivity index is 0.000000186. The number of esters is 3. The van der Waals surface area contributed by atoms with Crippen LogP contribution in [0, 0.1) is 0 Å². The van der Waals surface area contributed by atoms with Crippen LogP contribution in [0.1, 0.15) is 106 Å². The van der Waals surface area contributed by atoms with E-state index in [9.17, 15) is 77.9 Å². The van der Waals surface area contributed by atoms with Crippen LogP contribution in [0.25, 0.3) is 33.5 Å². The van der Waals surface area contributed by atoms with Gasteiger partial charge in [-0.15, -0.1) is 0 Å². The Morgan fingerprint density at radius 2 is 0.930 bits per heavy atom. The Labute approximate surface area is 743 Å². The topological polar surface area (TPSA) is 661 Å². The van der Waals surface area contributed by atoms with Gasteiger partial charge >= 0.3 is 50.1 Å². The highest BCUT2D eigenvalue weighted by atomic mass is 32.7. The number of nitrogen functional groups attached to an aromatic ring is 3. The van der Waals surface area contributed by atoms with Gasteiger partial charge in [-0.25, -0.2) is 39.8 Å². The summed E-state index contributed by atoms with van der Waals surface area (Å²) in [5.41, 5.74) is 13.9. The molecule has 50 nitrogen and oxygen atoms in total. The third-order valence-corrected chi connectivity index (χ3v) is 33.4. The van der Waals surface area contributed by atoms with Crippen molar-refractivity contribution in [2.75, 3.05) is 104 Å². The van der Waals surface area contributed by atoms with Crippen LogP contribution in [0.3, 0.4) is 0 Å². The summed E-state index contributed by atoms with van der Waals surface area (Å²) in [4.78, 5) is 129. The minimum absolute atomic E-state index is 0.0751. The van der Waals surface area contributed by atoms with Crippen molar-refractivity contribution in [2.24, 2.45) is 0 Å². The molecule has 15 N–H and O–H groups in total. The number of carbonyl (C=O) groups excluding carboxylic acids is 7. The van der Waals surface area contributed by atoms with E-state index in [2.05, 4.69) is 60.1 Å². The zero-order valence-electron chi connectivity index (χ0n) is 72.5. The molecule has 6 amide bonds. The Hall–Kier alpha value is -8.90. The Morgan fingerprint density at radius 1 is 0.578 bits per heavy atom. The lowest BCUT2D eigenvalue weighted by Gasteiger charge is -2.30. The summed E-state index contributed by atoms with van der Waals surface area (Å²) in [5.74, 6) is -2.79. The van der Waals surface area contributed by atoms with Gasteiger partial charge in [0.1, 0.15) is 89.7 Å². The molecule has 7 aromatic rings. The molecule has 6 saturated heterocycles. The molecule has 1 aromatic carbocycles. The summed E-state index contributed by atoms with van der Waals surface area (Å²) >= 11 is 2.45. The lowest BCUT2D eigenvalue weighted by Crippen LogP contribution is -2.44. The molecule has 13 rings (SSSR count). The molecule has 21 atom stereocenters. The molecule has 56 heteroatoms. The van der Waals surface area contributed by atoms with Gasteiger partial charge in [0.2, 0.25) is 35.5 Å². The predicted octanol–water partition coefficient (Wildman–Crippen LogP) is 2.16. The van der Waals surface area contributed by atoms with Crippen LogP contribution in [-0.2, 0) is 79.7 Å². The third kappa shape index (κ3) is 21.3. The highest BCUT2D eigenvalue weighted by Crippen LogP contribution is 2.61. The number of imidazole rings is 3.